The van der Waals surface area contributed by atoms with Gasteiger partial charge in [-0.05, 0) is 70.0 Å². The molecular weight excluding hydrogens is 441 g/mol. The SMILES string of the molecule is N#CC(=Cc1cc(Br)c(Sc2ccc(Cl)cc2)o1)c1ccc(Cl)cc1. The molecule has 0 bridgehead atoms. The summed E-state index contributed by atoms with van der Waals surface area (Å²) in [7, 11) is 0. The van der Waals surface area contributed by atoms with Gasteiger partial charge in [0.2, 0.25) is 0 Å². The second-order valence-corrected chi connectivity index (χ2v) is 7.79. The van der Waals surface area contributed by atoms with Gasteiger partial charge in [0.15, 0.2) is 5.09 Å². The Hall–Kier alpha value is -1.64. The molecule has 2 nitrogen and oxygen atoms in total. The standard InChI is InChI=1S/C19H10BrCl2NOS/c20-18-10-16(9-13(11-23)12-1-3-14(21)4-2-12)24-19(18)25-17-7-5-15(22)6-8-17/h1-10H. The van der Waals surface area contributed by atoms with Crippen LogP contribution in [0.25, 0.3) is 11.6 Å². The summed E-state index contributed by atoms with van der Waals surface area (Å²) >= 11 is 16.8. The second-order valence-electron chi connectivity index (χ2n) is 5.02. The van der Waals surface area contributed by atoms with Crippen molar-refractivity contribution in [2.24, 2.45) is 0 Å². The smallest absolute Gasteiger partial charge is 0.179 e. The summed E-state index contributed by atoms with van der Waals surface area (Å²) in [5.41, 5.74) is 1.28. The highest BCUT2D eigenvalue weighted by atomic mass is 79.9. The lowest BCUT2D eigenvalue weighted by atomic mass is 10.1. The number of nitriles is 1. The Kier molecular flexibility index (Phi) is 5.93. The van der Waals surface area contributed by atoms with Crippen molar-refractivity contribution in [1.29, 1.82) is 5.26 Å². The zero-order valence-corrected chi connectivity index (χ0v) is 16.6. The van der Waals surface area contributed by atoms with Gasteiger partial charge in [-0.2, -0.15) is 5.26 Å². The van der Waals surface area contributed by atoms with Crippen LogP contribution in [0.1, 0.15) is 11.3 Å². The van der Waals surface area contributed by atoms with Crippen molar-refractivity contribution >= 4 is 62.5 Å². The molecule has 0 N–H and O–H groups in total. The van der Waals surface area contributed by atoms with E-state index in [1.54, 1.807) is 30.3 Å². The largest absolute Gasteiger partial charge is 0.449 e. The maximum atomic E-state index is 9.43. The molecule has 0 unspecified atom stereocenters. The Morgan fingerprint density at radius 1 is 1.04 bits per heavy atom. The molecule has 0 spiro atoms. The molecule has 0 atom stereocenters. The van der Waals surface area contributed by atoms with Crippen molar-refractivity contribution in [3.05, 3.63) is 80.4 Å². The fourth-order valence-corrected chi connectivity index (χ4v) is 3.65. The minimum absolute atomic E-state index is 0.501. The molecule has 2 aromatic carbocycles. The van der Waals surface area contributed by atoms with E-state index in [9.17, 15) is 5.26 Å². The molecule has 0 aliphatic rings. The molecule has 124 valence electrons. The number of hydrogen-bond donors (Lipinski definition) is 0. The summed E-state index contributed by atoms with van der Waals surface area (Å²) in [5.74, 6) is 0.592. The Morgan fingerprint density at radius 2 is 1.64 bits per heavy atom. The fraction of sp³-hybridized carbons (Fsp3) is 0. The maximum absolute atomic E-state index is 9.43. The number of halogens is 3. The highest BCUT2D eigenvalue weighted by Gasteiger charge is 2.11. The molecular formula is C19H10BrCl2NOS. The van der Waals surface area contributed by atoms with Crippen LogP contribution in [0.15, 0.2) is 73.5 Å². The molecule has 25 heavy (non-hydrogen) atoms. The van der Waals surface area contributed by atoms with Gasteiger partial charge in [0.25, 0.3) is 0 Å². The summed E-state index contributed by atoms with van der Waals surface area (Å²) in [4.78, 5) is 1.01. The van der Waals surface area contributed by atoms with E-state index in [0.29, 0.717) is 26.5 Å². The first-order valence-electron chi connectivity index (χ1n) is 7.15. The number of nitrogens with zero attached hydrogens (tertiary/aromatic N) is 1. The van der Waals surface area contributed by atoms with Gasteiger partial charge < -0.3 is 4.42 Å². The lowest BCUT2D eigenvalue weighted by Gasteiger charge is -1.99. The minimum Gasteiger partial charge on any atom is -0.449 e. The quantitative estimate of drug-likeness (QED) is 0.384. The van der Waals surface area contributed by atoms with Gasteiger partial charge in [-0.25, -0.2) is 0 Å². The fourth-order valence-electron chi connectivity index (χ4n) is 2.07. The second kappa shape index (κ2) is 8.16. The van der Waals surface area contributed by atoms with Crippen LogP contribution in [0, 0.1) is 11.3 Å². The average molecular weight is 451 g/mol. The summed E-state index contributed by atoms with van der Waals surface area (Å²) in [6.45, 7) is 0. The van der Waals surface area contributed by atoms with Gasteiger partial charge in [-0.1, -0.05) is 47.1 Å². The van der Waals surface area contributed by atoms with Crippen LogP contribution in [0.2, 0.25) is 10.0 Å². The number of benzene rings is 2. The third kappa shape index (κ3) is 4.71. The molecule has 1 heterocycles. The molecule has 6 heteroatoms. The van der Waals surface area contributed by atoms with Crippen LogP contribution in [0.5, 0.6) is 0 Å². The van der Waals surface area contributed by atoms with Gasteiger partial charge in [0, 0.05) is 14.9 Å². The van der Waals surface area contributed by atoms with Gasteiger partial charge >= 0.3 is 0 Å². The van der Waals surface area contributed by atoms with Crippen molar-refractivity contribution in [2.75, 3.05) is 0 Å². The number of hydrogen-bond acceptors (Lipinski definition) is 3. The van der Waals surface area contributed by atoms with Crippen molar-refractivity contribution < 1.29 is 4.42 Å². The monoisotopic (exact) mass is 449 g/mol. The van der Waals surface area contributed by atoms with Crippen LogP contribution in [-0.2, 0) is 0 Å². The Morgan fingerprint density at radius 3 is 2.24 bits per heavy atom. The van der Waals surface area contributed by atoms with Crippen LogP contribution in [-0.4, -0.2) is 0 Å². The number of rotatable bonds is 4. The highest BCUT2D eigenvalue weighted by molar-refractivity contribution is 9.10. The number of allylic oxidation sites excluding steroid dienone is 1. The minimum atomic E-state index is 0.501. The predicted octanol–water partition coefficient (Wildman–Crippen LogP) is 7.56. The van der Waals surface area contributed by atoms with Gasteiger partial charge in [-0.15, -0.1) is 0 Å². The third-order valence-electron chi connectivity index (χ3n) is 3.26. The van der Waals surface area contributed by atoms with Crippen LogP contribution in [0.4, 0.5) is 0 Å². The third-order valence-corrected chi connectivity index (χ3v) is 5.61. The van der Waals surface area contributed by atoms with E-state index in [0.717, 1.165) is 14.9 Å². The predicted molar refractivity (Wildman–Crippen MR) is 107 cm³/mol. The molecule has 0 saturated carbocycles. The molecule has 3 rings (SSSR count). The van der Waals surface area contributed by atoms with E-state index in [1.807, 2.05) is 30.3 Å². The van der Waals surface area contributed by atoms with Crippen molar-refractivity contribution in [3.8, 4) is 6.07 Å². The molecule has 0 aliphatic carbocycles. The van der Waals surface area contributed by atoms with Crippen LogP contribution < -0.4 is 0 Å². The van der Waals surface area contributed by atoms with Crippen molar-refractivity contribution in [3.63, 3.8) is 0 Å². The Balaban J connectivity index is 1.87. The van der Waals surface area contributed by atoms with E-state index >= 15 is 0 Å². The lowest BCUT2D eigenvalue weighted by Crippen LogP contribution is -1.80. The van der Waals surface area contributed by atoms with Crippen molar-refractivity contribution in [2.45, 2.75) is 9.99 Å². The number of furan rings is 1. The first-order valence-corrected chi connectivity index (χ1v) is 9.52. The average Bonchev–Trinajstić information content (AvgIpc) is 2.95. The van der Waals surface area contributed by atoms with Crippen LogP contribution >= 0.6 is 50.9 Å². The van der Waals surface area contributed by atoms with Gasteiger partial charge in [-0.3, -0.25) is 0 Å². The Labute approximate surface area is 168 Å². The zero-order valence-electron chi connectivity index (χ0n) is 12.7. The van der Waals surface area contributed by atoms with Gasteiger partial charge in [0.1, 0.15) is 5.76 Å². The molecule has 0 amide bonds. The van der Waals surface area contributed by atoms with E-state index in [4.69, 9.17) is 27.6 Å². The first-order chi connectivity index (χ1) is 12.0. The lowest BCUT2D eigenvalue weighted by molar-refractivity contribution is 0.463. The van der Waals surface area contributed by atoms with E-state index in [1.165, 1.54) is 11.8 Å². The van der Waals surface area contributed by atoms with E-state index < -0.39 is 0 Å². The first kappa shape index (κ1) is 18.2. The zero-order chi connectivity index (χ0) is 17.8. The van der Waals surface area contributed by atoms with Crippen molar-refractivity contribution in [1.82, 2.24) is 0 Å². The summed E-state index contributed by atoms with van der Waals surface area (Å²) in [6, 6.07) is 18.6. The summed E-state index contributed by atoms with van der Waals surface area (Å²) in [5, 5.41) is 11.5. The maximum Gasteiger partial charge on any atom is 0.179 e. The Bertz CT molecular complexity index is 957. The molecule has 0 saturated heterocycles. The summed E-state index contributed by atoms with van der Waals surface area (Å²) in [6.07, 6.45) is 1.71. The normalized spacial score (nSPS) is 11.4. The molecule has 0 fully saturated rings. The van der Waals surface area contributed by atoms with E-state index in [-0.39, 0.29) is 0 Å². The summed E-state index contributed by atoms with van der Waals surface area (Å²) < 4.78 is 6.68. The topological polar surface area (TPSA) is 36.9 Å². The highest BCUT2D eigenvalue weighted by Crippen LogP contribution is 2.37. The molecule has 0 aliphatic heterocycles. The molecule has 3 aromatic rings. The molecule has 1 aromatic heterocycles. The van der Waals surface area contributed by atoms with Gasteiger partial charge in [0.05, 0.1) is 16.1 Å². The van der Waals surface area contributed by atoms with Crippen LogP contribution in [0.3, 0.4) is 0 Å². The molecule has 0 radical (unpaired) electrons. The van der Waals surface area contributed by atoms with E-state index in [2.05, 4.69) is 22.0 Å².